The van der Waals surface area contributed by atoms with E-state index in [-0.39, 0.29) is 0 Å². The van der Waals surface area contributed by atoms with Gasteiger partial charge in [-0.3, -0.25) is 5.26 Å². The van der Waals surface area contributed by atoms with Crippen LogP contribution in [-0.4, -0.2) is 25.1 Å². The Labute approximate surface area is 54.5 Å². The summed E-state index contributed by atoms with van der Waals surface area (Å²) in [7, 11) is 0. The minimum atomic E-state index is 0.296. The maximum atomic E-state index is 7.83. The van der Waals surface area contributed by atoms with Gasteiger partial charge in [0.25, 0.3) is 0 Å². The number of rotatable bonds is 5. The van der Waals surface area contributed by atoms with E-state index in [4.69, 9.17) is 16.4 Å². The van der Waals surface area contributed by atoms with Crippen molar-refractivity contribution in [3.8, 4) is 12.3 Å². The van der Waals surface area contributed by atoms with E-state index in [9.17, 15) is 0 Å². The van der Waals surface area contributed by atoms with E-state index >= 15 is 0 Å². The Kier molecular flexibility index (Phi) is 6.98. The molecule has 0 rings (SSSR count). The van der Waals surface area contributed by atoms with Crippen LogP contribution in [0.4, 0.5) is 0 Å². The highest BCUT2D eigenvalue weighted by Gasteiger charge is 1.84. The fourth-order valence-corrected chi connectivity index (χ4v) is 0.357. The van der Waals surface area contributed by atoms with Gasteiger partial charge in [-0.1, -0.05) is 5.92 Å². The number of ether oxygens (including phenoxy) is 1. The van der Waals surface area contributed by atoms with Crippen molar-refractivity contribution in [2.75, 3.05) is 19.8 Å². The molecule has 0 aromatic rings. The lowest BCUT2D eigenvalue weighted by Crippen LogP contribution is -1.98. The van der Waals surface area contributed by atoms with Crippen molar-refractivity contribution in [1.29, 1.82) is 0 Å². The molecule has 3 heteroatoms. The maximum Gasteiger partial charge on any atom is 0.107 e. The minimum absolute atomic E-state index is 0.296. The van der Waals surface area contributed by atoms with Gasteiger partial charge in [-0.05, 0) is 6.42 Å². The SMILES string of the molecule is C#CCOCCCOO. The zero-order valence-electron chi connectivity index (χ0n) is 5.17. The molecule has 9 heavy (non-hydrogen) atoms. The van der Waals surface area contributed by atoms with Crippen LogP contribution in [0.25, 0.3) is 0 Å². The van der Waals surface area contributed by atoms with Crippen molar-refractivity contribution in [1.82, 2.24) is 0 Å². The second-order valence-corrected chi connectivity index (χ2v) is 1.44. The molecule has 3 nitrogen and oxygen atoms in total. The lowest BCUT2D eigenvalue weighted by atomic mass is 10.5. The van der Waals surface area contributed by atoms with E-state index < -0.39 is 0 Å². The van der Waals surface area contributed by atoms with Crippen molar-refractivity contribution < 1.29 is 14.9 Å². The Bertz CT molecular complexity index is 84.8. The molecule has 0 aliphatic rings. The van der Waals surface area contributed by atoms with E-state index in [0.29, 0.717) is 26.2 Å². The van der Waals surface area contributed by atoms with E-state index in [2.05, 4.69) is 10.8 Å². The minimum Gasteiger partial charge on any atom is -0.369 e. The largest absolute Gasteiger partial charge is 0.369 e. The number of terminal acetylenes is 1. The zero-order valence-corrected chi connectivity index (χ0v) is 5.17. The summed E-state index contributed by atoms with van der Waals surface area (Å²) in [5, 5.41) is 7.83. The fraction of sp³-hybridized carbons (Fsp3) is 0.667. The molecule has 0 saturated carbocycles. The average Bonchev–Trinajstić information content (AvgIpc) is 1.89. The lowest BCUT2D eigenvalue weighted by molar-refractivity contribution is -0.243. The molecule has 0 aromatic heterocycles. The molecule has 0 heterocycles. The van der Waals surface area contributed by atoms with Crippen LogP contribution in [-0.2, 0) is 9.62 Å². The molecule has 0 spiro atoms. The molecule has 0 atom stereocenters. The third-order valence-electron chi connectivity index (χ3n) is 0.710. The van der Waals surface area contributed by atoms with Gasteiger partial charge in [-0.2, -0.15) is 0 Å². The van der Waals surface area contributed by atoms with Gasteiger partial charge in [0.05, 0.1) is 13.2 Å². The van der Waals surface area contributed by atoms with Crippen molar-refractivity contribution >= 4 is 0 Å². The van der Waals surface area contributed by atoms with Crippen LogP contribution in [0, 0.1) is 12.3 Å². The van der Waals surface area contributed by atoms with Gasteiger partial charge in [0.15, 0.2) is 0 Å². The summed E-state index contributed by atoms with van der Waals surface area (Å²) in [5.41, 5.74) is 0. The highest BCUT2D eigenvalue weighted by molar-refractivity contribution is 4.82. The fourth-order valence-electron chi connectivity index (χ4n) is 0.357. The maximum absolute atomic E-state index is 7.83. The molecule has 0 bridgehead atoms. The highest BCUT2D eigenvalue weighted by atomic mass is 17.1. The molecule has 0 aliphatic heterocycles. The van der Waals surface area contributed by atoms with Crippen molar-refractivity contribution in [2.45, 2.75) is 6.42 Å². The van der Waals surface area contributed by atoms with Gasteiger partial charge < -0.3 is 4.74 Å². The van der Waals surface area contributed by atoms with Crippen LogP contribution in [0.1, 0.15) is 6.42 Å². The zero-order chi connectivity index (χ0) is 6.95. The molecule has 1 N–H and O–H groups in total. The Morgan fingerprint density at radius 2 is 2.22 bits per heavy atom. The Morgan fingerprint density at radius 3 is 2.78 bits per heavy atom. The molecular formula is C6H10O3. The normalized spacial score (nSPS) is 8.89. The van der Waals surface area contributed by atoms with Gasteiger partial charge in [-0.25, -0.2) is 4.89 Å². The van der Waals surface area contributed by atoms with Crippen LogP contribution in [0.3, 0.4) is 0 Å². The monoisotopic (exact) mass is 130 g/mol. The van der Waals surface area contributed by atoms with E-state index in [0.717, 1.165) is 0 Å². The van der Waals surface area contributed by atoms with Gasteiger partial charge in [0.2, 0.25) is 0 Å². The molecular weight excluding hydrogens is 120 g/mol. The molecule has 0 aromatic carbocycles. The van der Waals surface area contributed by atoms with E-state index in [1.54, 1.807) is 0 Å². The number of hydrogen-bond acceptors (Lipinski definition) is 3. The number of hydrogen-bond donors (Lipinski definition) is 1. The molecule has 0 saturated heterocycles. The first kappa shape index (κ1) is 8.44. The van der Waals surface area contributed by atoms with Crippen LogP contribution in [0.15, 0.2) is 0 Å². The summed E-state index contributed by atoms with van der Waals surface area (Å²) in [6.45, 7) is 1.15. The summed E-state index contributed by atoms with van der Waals surface area (Å²) >= 11 is 0. The van der Waals surface area contributed by atoms with Crippen molar-refractivity contribution in [3.05, 3.63) is 0 Å². The molecule has 0 aliphatic carbocycles. The Morgan fingerprint density at radius 1 is 1.44 bits per heavy atom. The van der Waals surface area contributed by atoms with E-state index in [1.165, 1.54) is 0 Å². The molecule has 0 unspecified atom stereocenters. The van der Waals surface area contributed by atoms with Crippen molar-refractivity contribution in [2.24, 2.45) is 0 Å². The lowest BCUT2D eigenvalue weighted by Gasteiger charge is -1.96. The smallest absolute Gasteiger partial charge is 0.107 e. The predicted molar refractivity (Wildman–Crippen MR) is 32.8 cm³/mol. The van der Waals surface area contributed by atoms with Crippen LogP contribution >= 0.6 is 0 Å². The molecule has 52 valence electrons. The molecule has 0 radical (unpaired) electrons. The standard InChI is InChI=1S/C6H10O3/c1-2-4-8-5-3-6-9-7/h1,7H,3-6H2. The third-order valence-corrected chi connectivity index (χ3v) is 0.710. The Balaban J connectivity index is 2.69. The Hall–Kier alpha value is -0.560. The first-order valence-corrected chi connectivity index (χ1v) is 2.69. The van der Waals surface area contributed by atoms with Gasteiger partial charge in [0.1, 0.15) is 6.61 Å². The van der Waals surface area contributed by atoms with Gasteiger partial charge in [0, 0.05) is 0 Å². The highest BCUT2D eigenvalue weighted by Crippen LogP contribution is 1.81. The average molecular weight is 130 g/mol. The van der Waals surface area contributed by atoms with Crippen LogP contribution in [0.2, 0.25) is 0 Å². The summed E-state index contributed by atoms with van der Waals surface area (Å²) in [4.78, 5) is 3.79. The van der Waals surface area contributed by atoms with Crippen molar-refractivity contribution in [3.63, 3.8) is 0 Å². The summed E-state index contributed by atoms with van der Waals surface area (Å²) in [6.07, 6.45) is 5.55. The predicted octanol–water partition coefficient (Wildman–Crippen LogP) is 0.516. The van der Waals surface area contributed by atoms with Gasteiger partial charge in [-0.15, -0.1) is 6.42 Å². The summed E-state index contributed by atoms with van der Waals surface area (Å²) < 4.78 is 4.86. The second kappa shape index (κ2) is 7.44. The first-order chi connectivity index (χ1) is 4.41. The quantitative estimate of drug-likeness (QED) is 0.255. The second-order valence-electron chi connectivity index (χ2n) is 1.44. The third kappa shape index (κ3) is 7.44. The van der Waals surface area contributed by atoms with Gasteiger partial charge >= 0.3 is 0 Å². The van der Waals surface area contributed by atoms with Crippen LogP contribution in [0.5, 0.6) is 0 Å². The summed E-state index contributed by atoms with van der Waals surface area (Å²) in [6, 6.07) is 0. The topological polar surface area (TPSA) is 38.7 Å². The molecule has 0 fully saturated rings. The summed E-state index contributed by atoms with van der Waals surface area (Å²) in [5.74, 6) is 2.32. The van der Waals surface area contributed by atoms with Crippen LogP contribution < -0.4 is 0 Å². The van der Waals surface area contributed by atoms with E-state index in [1.807, 2.05) is 0 Å². The first-order valence-electron chi connectivity index (χ1n) is 2.69. The molecule has 0 amide bonds.